The van der Waals surface area contributed by atoms with Crippen LogP contribution in [0.3, 0.4) is 0 Å². The highest BCUT2D eigenvalue weighted by Crippen LogP contribution is 2.16. The maximum Gasteiger partial charge on any atom is 0.119 e. The third-order valence-corrected chi connectivity index (χ3v) is 3.51. The third-order valence-electron chi connectivity index (χ3n) is 3.51. The second-order valence-electron chi connectivity index (χ2n) is 5.27. The van der Waals surface area contributed by atoms with E-state index < -0.39 is 0 Å². The number of hydrogen-bond acceptors (Lipinski definition) is 3. The minimum atomic E-state index is 0.307. The van der Waals surface area contributed by atoms with Gasteiger partial charge in [0.25, 0.3) is 0 Å². The summed E-state index contributed by atoms with van der Waals surface area (Å²) in [4.78, 5) is 0. The molecule has 3 nitrogen and oxygen atoms in total. The van der Waals surface area contributed by atoms with E-state index in [1.807, 2.05) is 18.2 Å². The zero-order valence-electron chi connectivity index (χ0n) is 13.0. The Labute approximate surface area is 132 Å². The molecule has 0 saturated heterocycles. The highest BCUT2D eigenvalue weighted by Gasteiger charge is 2.04. The lowest BCUT2D eigenvalue weighted by Crippen LogP contribution is -2.18. The highest BCUT2D eigenvalue weighted by molar-refractivity contribution is 5.28. The van der Waals surface area contributed by atoms with Crippen molar-refractivity contribution in [3.63, 3.8) is 0 Å². The van der Waals surface area contributed by atoms with Crippen LogP contribution in [-0.4, -0.2) is 6.61 Å². The molecular weight excluding hydrogens is 272 g/mol. The van der Waals surface area contributed by atoms with E-state index in [0.717, 1.165) is 18.7 Å². The SMILES string of the molecule is CC(NCc1cccc(OCCCC#N)c1)c1ccccc1. The quantitative estimate of drug-likeness (QED) is 0.741. The molecule has 0 radical (unpaired) electrons. The fraction of sp³-hybridized carbons (Fsp3) is 0.316. The molecule has 0 amide bonds. The molecule has 114 valence electrons. The maximum atomic E-state index is 8.51. The van der Waals surface area contributed by atoms with Gasteiger partial charge in [-0.25, -0.2) is 0 Å². The van der Waals surface area contributed by atoms with Crippen LogP contribution < -0.4 is 10.1 Å². The second-order valence-corrected chi connectivity index (χ2v) is 5.27. The number of rotatable bonds is 8. The monoisotopic (exact) mass is 294 g/mol. The van der Waals surface area contributed by atoms with Gasteiger partial charge in [0.1, 0.15) is 5.75 Å². The Hall–Kier alpha value is -2.31. The summed E-state index contributed by atoms with van der Waals surface area (Å²) in [5.41, 5.74) is 2.48. The molecule has 0 bridgehead atoms. The van der Waals surface area contributed by atoms with Gasteiger partial charge in [0, 0.05) is 19.0 Å². The van der Waals surface area contributed by atoms with Crippen LogP contribution in [0, 0.1) is 11.3 Å². The van der Waals surface area contributed by atoms with Crippen LogP contribution in [0.15, 0.2) is 54.6 Å². The average molecular weight is 294 g/mol. The van der Waals surface area contributed by atoms with Gasteiger partial charge >= 0.3 is 0 Å². The molecule has 0 aliphatic heterocycles. The van der Waals surface area contributed by atoms with Gasteiger partial charge < -0.3 is 10.1 Å². The van der Waals surface area contributed by atoms with Crippen LogP contribution in [0.5, 0.6) is 5.75 Å². The molecule has 0 heterocycles. The van der Waals surface area contributed by atoms with Gasteiger partial charge in [-0.1, -0.05) is 42.5 Å². The molecule has 1 unspecified atom stereocenters. The summed E-state index contributed by atoms with van der Waals surface area (Å²) < 4.78 is 5.66. The van der Waals surface area contributed by atoms with E-state index in [9.17, 15) is 0 Å². The van der Waals surface area contributed by atoms with Crippen molar-refractivity contribution in [3.8, 4) is 11.8 Å². The summed E-state index contributed by atoms with van der Waals surface area (Å²) in [5, 5.41) is 12.0. The van der Waals surface area contributed by atoms with E-state index in [1.54, 1.807) is 0 Å². The number of nitriles is 1. The van der Waals surface area contributed by atoms with Crippen LogP contribution in [0.25, 0.3) is 0 Å². The first-order valence-electron chi connectivity index (χ1n) is 7.66. The Morgan fingerprint density at radius 3 is 2.73 bits per heavy atom. The Morgan fingerprint density at radius 2 is 1.95 bits per heavy atom. The lowest BCUT2D eigenvalue weighted by molar-refractivity contribution is 0.312. The van der Waals surface area contributed by atoms with Crippen molar-refractivity contribution >= 4 is 0 Å². The zero-order valence-corrected chi connectivity index (χ0v) is 13.0. The van der Waals surface area contributed by atoms with Gasteiger partial charge in [-0.05, 0) is 36.6 Å². The van der Waals surface area contributed by atoms with Crippen molar-refractivity contribution in [2.75, 3.05) is 6.61 Å². The molecule has 22 heavy (non-hydrogen) atoms. The average Bonchev–Trinajstić information content (AvgIpc) is 2.58. The molecular formula is C19H22N2O. The first kappa shape index (κ1) is 16.1. The van der Waals surface area contributed by atoms with Gasteiger partial charge in [-0.15, -0.1) is 0 Å². The van der Waals surface area contributed by atoms with E-state index in [0.29, 0.717) is 19.1 Å². The fourth-order valence-corrected chi connectivity index (χ4v) is 2.22. The molecule has 3 heteroatoms. The van der Waals surface area contributed by atoms with Crippen molar-refractivity contribution in [3.05, 3.63) is 65.7 Å². The van der Waals surface area contributed by atoms with Crippen LogP contribution >= 0.6 is 0 Å². The molecule has 0 fully saturated rings. The second kappa shape index (κ2) is 8.86. The van der Waals surface area contributed by atoms with Crippen molar-refractivity contribution < 1.29 is 4.74 Å². The summed E-state index contributed by atoms with van der Waals surface area (Å²) in [6, 6.07) is 20.9. The largest absolute Gasteiger partial charge is 0.494 e. The van der Waals surface area contributed by atoms with Crippen LogP contribution in [0.4, 0.5) is 0 Å². The van der Waals surface area contributed by atoms with E-state index in [2.05, 4.69) is 54.7 Å². The molecule has 2 rings (SSSR count). The number of nitrogens with zero attached hydrogens (tertiary/aromatic N) is 1. The topological polar surface area (TPSA) is 45.0 Å². The zero-order chi connectivity index (χ0) is 15.6. The van der Waals surface area contributed by atoms with Crippen LogP contribution in [-0.2, 0) is 6.54 Å². The normalized spacial score (nSPS) is 11.6. The minimum Gasteiger partial charge on any atom is -0.494 e. The molecule has 2 aromatic rings. The maximum absolute atomic E-state index is 8.51. The molecule has 0 aliphatic carbocycles. The smallest absolute Gasteiger partial charge is 0.119 e. The van der Waals surface area contributed by atoms with Gasteiger partial charge in [0.05, 0.1) is 12.7 Å². The van der Waals surface area contributed by atoms with Crippen molar-refractivity contribution in [1.82, 2.24) is 5.32 Å². The van der Waals surface area contributed by atoms with Crippen LogP contribution in [0.2, 0.25) is 0 Å². The molecule has 1 N–H and O–H groups in total. The fourth-order valence-electron chi connectivity index (χ4n) is 2.22. The lowest BCUT2D eigenvalue weighted by atomic mass is 10.1. The molecule has 1 atom stereocenters. The van der Waals surface area contributed by atoms with Gasteiger partial charge in [0.2, 0.25) is 0 Å². The molecule has 0 spiro atoms. The van der Waals surface area contributed by atoms with Gasteiger partial charge in [-0.3, -0.25) is 0 Å². The van der Waals surface area contributed by atoms with Crippen LogP contribution in [0.1, 0.15) is 36.9 Å². The Morgan fingerprint density at radius 1 is 1.14 bits per heavy atom. The third kappa shape index (κ3) is 5.23. The Kier molecular flexibility index (Phi) is 6.47. The minimum absolute atomic E-state index is 0.307. The summed E-state index contributed by atoms with van der Waals surface area (Å²) in [5.74, 6) is 0.865. The van der Waals surface area contributed by atoms with Crippen molar-refractivity contribution in [2.45, 2.75) is 32.4 Å². The number of unbranched alkanes of at least 4 members (excludes halogenated alkanes) is 1. The lowest BCUT2D eigenvalue weighted by Gasteiger charge is -2.15. The number of hydrogen-bond donors (Lipinski definition) is 1. The molecule has 0 aromatic heterocycles. The number of benzene rings is 2. The summed E-state index contributed by atoms with van der Waals surface area (Å²) in [6.45, 7) is 3.55. The van der Waals surface area contributed by atoms with Crippen molar-refractivity contribution in [1.29, 1.82) is 5.26 Å². The van der Waals surface area contributed by atoms with E-state index in [-0.39, 0.29) is 0 Å². The molecule has 2 aromatic carbocycles. The highest BCUT2D eigenvalue weighted by atomic mass is 16.5. The Balaban J connectivity index is 1.84. The first-order chi connectivity index (χ1) is 10.8. The summed E-state index contributed by atoms with van der Waals surface area (Å²) in [7, 11) is 0. The number of nitrogens with one attached hydrogen (secondary N) is 1. The number of ether oxygens (including phenoxy) is 1. The van der Waals surface area contributed by atoms with E-state index in [1.165, 1.54) is 11.1 Å². The van der Waals surface area contributed by atoms with Gasteiger partial charge in [0.15, 0.2) is 0 Å². The predicted octanol–water partition coefficient (Wildman–Crippen LogP) is 4.22. The predicted molar refractivity (Wildman–Crippen MR) is 88.5 cm³/mol. The van der Waals surface area contributed by atoms with E-state index >= 15 is 0 Å². The van der Waals surface area contributed by atoms with E-state index in [4.69, 9.17) is 10.00 Å². The summed E-state index contributed by atoms with van der Waals surface area (Å²) in [6.07, 6.45) is 1.31. The standard InChI is InChI=1S/C19H22N2O/c1-16(18-9-3-2-4-10-18)21-15-17-8-7-11-19(14-17)22-13-6-5-12-20/h2-4,7-11,14,16,21H,5-6,13,15H2,1H3. The van der Waals surface area contributed by atoms with Crippen molar-refractivity contribution in [2.24, 2.45) is 0 Å². The first-order valence-corrected chi connectivity index (χ1v) is 7.66. The van der Waals surface area contributed by atoms with Gasteiger partial charge in [-0.2, -0.15) is 5.26 Å². The summed E-state index contributed by atoms with van der Waals surface area (Å²) >= 11 is 0. The molecule has 0 aliphatic rings. The Bertz CT molecular complexity index is 604. The molecule has 0 saturated carbocycles.